The quantitative estimate of drug-likeness (QED) is 0.0655. The van der Waals surface area contributed by atoms with Gasteiger partial charge in [0, 0.05) is 100 Å². The van der Waals surface area contributed by atoms with E-state index >= 15 is 0 Å². The van der Waals surface area contributed by atoms with Crippen molar-refractivity contribution in [2.75, 3.05) is 84.6 Å². The van der Waals surface area contributed by atoms with Crippen LogP contribution in [0.1, 0.15) is 77.2 Å². The predicted octanol–water partition coefficient (Wildman–Crippen LogP) is 5.58. The van der Waals surface area contributed by atoms with Crippen molar-refractivity contribution in [3.8, 4) is 28.7 Å². The molecule has 20 heteroatoms. The molecule has 2 aromatic carbocycles. The third-order valence-corrected chi connectivity index (χ3v) is 15.6. The van der Waals surface area contributed by atoms with Gasteiger partial charge in [-0.1, -0.05) is 52.0 Å². The number of hydrogen-bond donors (Lipinski definition) is 4. The molecule has 9 atom stereocenters. The van der Waals surface area contributed by atoms with Crippen LogP contribution in [0.2, 0.25) is 0 Å². The number of esters is 1. The monoisotopic (exact) mass is 1070 g/mol. The summed E-state index contributed by atoms with van der Waals surface area (Å²) in [4.78, 5) is 80.9. The number of methoxy groups -OCH3 is 1. The highest BCUT2D eigenvalue weighted by Gasteiger charge is 2.50. The number of phenolic OH excluding ortho intramolecular Hbond substituents is 1. The van der Waals surface area contributed by atoms with E-state index in [1.165, 1.54) is 53.2 Å². The highest BCUT2D eigenvalue weighted by atomic mass is 16.7. The Morgan fingerprint density at radius 1 is 0.909 bits per heavy atom. The second-order valence-corrected chi connectivity index (χ2v) is 21.0. The summed E-state index contributed by atoms with van der Waals surface area (Å²) >= 11 is 0. The van der Waals surface area contributed by atoms with Gasteiger partial charge in [-0.05, 0) is 51.4 Å². The molecule has 5 heterocycles. The number of amides is 2. The van der Waals surface area contributed by atoms with Crippen molar-refractivity contribution in [2.24, 2.45) is 23.7 Å². The van der Waals surface area contributed by atoms with Gasteiger partial charge in [0.25, 0.3) is 11.7 Å². The number of aromatic hydroxyl groups is 1. The average molecular weight is 1070 g/mol. The molecule has 2 aromatic rings. The Morgan fingerprint density at radius 3 is 2.34 bits per heavy atom. The van der Waals surface area contributed by atoms with Crippen LogP contribution >= 0.6 is 0 Å². The number of morpholine rings is 1. The summed E-state index contributed by atoms with van der Waals surface area (Å²) in [5.74, 6) is -6.95. The van der Waals surface area contributed by atoms with Gasteiger partial charge in [-0.25, -0.2) is 4.98 Å². The number of ketones is 1. The van der Waals surface area contributed by atoms with Gasteiger partial charge in [0.1, 0.15) is 40.3 Å². The Bertz CT molecular complexity index is 2980. The zero-order chi connectivity index (χ0) is 55.5. The molecule has 2 saturated heterocycles. The highest BCUT2D eigenvalue weighted by Crippen LogP contribution is 2.51. The number of rotatable bonds is 10. The van der Waals surface area contributed by atoms with Crippen molar-refractivity contribution in [2.45, 2.75) is 98.4 Å². The van der Waals surface area contributed by atoms with Crippen molar-refractivity contribution in [1.29, 1.82) is 0 Å². The smallest absolute Gasteiger partial charge is 0.312 e. The van der Waals surface area contributed by atoms with Crippen LogP contribution in [-0.4, -0.2) is 168 Å². The van der Waals surface area contributed by atoms with Crippen LogP contribution in [0, 0.1) is 30.6 Å². The average Bonchev–Trinajstić information content (AvgIpc) is 3.87. The number of phenols is 1. The number of hydrogen-bond acceptors (Lipinski definition) is 18. The fraction of sp³-hybridized carbons (Fsp3) is 0.544. The Balaban J connectivity index is 1.14. The standard InChI is InChI=1S/C57H73N5O15/c1-31-14-12-15-32(2)56(70)59-47-51(68)43-42(44-53(36(6)50(43)67)77-57(8,55(44)69)74-27-18-38(71-9)33(3)52(75-37(7)63)35(5)49(66)34(4)48(31)65)46-54(47)76-40-17-13-16-39(45(40)58-46)73-26-11-10-19-60-20-22-62(23-21-60)41(64)30-61-24-28-72-29-25-61/h12-18,27,31,33-35,38,48-49,52,65-67H,10-11,19-26,28-30H2,1-9H3,(H,59,70)/b14-12+,27-18+,32-15-/t31-,33+,34+,35+,38-,48-,49+,52+,57-/m0/s1. The van der Waals surface area contributed by atoms with E-state index in [-0.39, 0.29) is 67.4 Å². The third kappa shape index (κ3) is 11.9. The molecule has 4 N–H and O–H groups in total. The summed E-state index contributed by atoms with van der Waals surface area (Å²) in [6.45, 7) is 19.9. The number of aromatic nitrogens is 1. The second-order valence-electron chi connectivity index (χ2n) is 21.0. The molecule has 0 saturated carbocycles. The maximum absolute atomic E-state index is 15.0. The van der Waals surface area contributed by atoms with E-state index in [9.17, 15) is 39.3 Å². The lowest BCUT2D eigenvalue weighted by Crippen LogP contribution is -2.52. The molecule has 8 rings (SSSR count). The third-order valence-electron chi connectivity index (χ3n) is 15.6. The maximum atomic E-state index is 15.0. The van der Waals surface area contributed by atoms with E-state index < -0.39 is 82.7 Å². The normalized spacial score (nSPS) is 28.7. The summed E-state index contributed by atoms with van der Waals surface area (Å²) in [6, 6.07) is 5.07. The number of fused-ring (bicyclic) bond motifs is 2. The molecular formula is C57H73N5O15. The Labute approximate surface area is 447 Å². The van der Waals surface area contributed by atoms with Gasteiger partial charge >= 0.3 is 11.8 Å². The number of unbranched alkanes of at least 4 members (excludes halogenated alkanes) is 1. The molecule has 0 aromatic heterocycles. The Hall–Kier alpha value is -6.42. The number of benzene rings is 3. The molecule has 416 valence electrons. The van der Waals surface area contributed by atoms with E-state index in [1.54, 1.807) is 58.0 Å². The largest absolute Gasteiger partial charge is 0.507 e. The minimum Gasteiger partial charge on any atom is -0.507 e. The van der Waals surface area contributed by atoms with Gasteiger partial charge in [0.05, 0.1) is 61.9 Å². The molecule has 77 heavy (non-hydrogen) atoms. The van der Waals surface area contributed by atoms with Crippen LogP contribution in [0.5, 0.6) is 17.2 Å². The van der Waals surface area contributed by atoms with Crippen molar-refractivity contribution in [3.05, 3.63) is 75.7 Å². The van der Waals surface area contributed by atoms with Gasteiger partial charge in [-0.3, -0.25) is 33.8 Å². The molecule has 0 spiro atoms. The minimum absolute atomic E-state index is 0.0456. The zero-order valence-electron chi connectivity index (χ0n) is 45.5. The first-order chi connectivity index (χ1) is 36.7. The number of ether oxygens (including phenoxy) is 6. The van der Waals surface area contributed by atoms with Gasteiger partial charge in [0.2, 0.25) is 11.3 Å². The molecule has 2 fully saturated rings. The van der Waals surface area contributed by atoms with Gasteiger partial charge in [0.15, 0.2) is 11.3 Å². The lowest BCUT2D eigenvalue weighted by molar-refractivity contribution is -0.160. The summed E-state index contributed by atoms with van der Waals surface area (Å²) in [7, 11) is 1.44. The molecule has 0 radical (unpaired) electrons. The van der Waals surface area contributed by atoms with Crippen molar-refractivity contribution >= 4 is 51.1 Å². The SMILES string of the molecule is CO[C@H]1/C=C/O[C@@]2(C)Oc3c(C)c(O)c4c(=O)c(c5oc6cccc(OCCCCN7CCN(C(=O)CN8CCOCC8)CC7)c6nc-5c4c3C2=O)NC(=O)/C(C)=C\C=C\[C@H](C)[C@H](O)[C@@H](C)[C@@H](O)[C@@H](C)[C@H](OC(C)=O)[C@@H]1C. The van der Waals surface area contributed by atoms with E-state index in [1.807, 2.05) is 4.90 Å². The minimum atomic E-state index is -2.07. The molecule has 0 unspecified atom stereocenters. The maximum Gasteiger partial charge on any atom is 0.312 e. The van der Waals surface area contributed by atoms with Crippen LogP contribution in [0.3, 0.4) is 0 Å². The lowest BCUT2D eigenvalue weighted by atomic mass is 9.78. The van der Waals surface area contributed by atoms with E-state index in [0.29, 0.717) is 51.6 Å². The number of nitrogens with one attached hydrogen (secondary N) is 1. The molecule has 4 bridgehead atoms. The topological polar surface area (TPSA) is 249 Å². The van der Waals surface area contributed by atoms with Crippen LogP contribution in [0.4, 0.5) is 5.69 Å². The van der Waals surface area contributed by atoms with Gasteiger partial charge in [-0.2, -0.15) is 0 Å². The summed E-state index contributed by atoms with van der Waals surface area (Å²) in [6.07, 6.45) is 5.05. The van der Waals surface area contributed by atoms with Crippen molar-refractivity contribution in [3.63, 3.8) is 0 Å². The van der Waals surface area contributed by atoms with Crippen molar-refractivity contribution in [1.82, 2.24) is 19.7 Å². The first-order valence-corrected chi connectivity index (χ1v) is 26.6. The number of anilines is 1. The molecule has 2 amide bonds. The number of carbonyl (C=O) groups excluding carboxylic acids is 4. The first kappa shape index (κ1) is 56.8. The molecule has 6 aliphatic rings. The van der Waals surface area contributed by atoms with E-state index in [4.69, 9.17) is 37.8 Å². The number of nitrogens with zero attached hydrogens (tertiary/aromatic N) is 4. The second kappa shape index (κ2) is 24.1. The first-order valence-electron chi connectivity index (χ1n) is 26.6. The number of aliphatic hydroxyl groups excluding tert-OH is 2. The molecule has 1 aliphatic carbocycles. The van der Waals surface area contributed by atoms with Gasteiger partial charge in [-0.15, -0.1) is 0 Å². The van der Waals surface area contributed by atoms with Crippen LogP contribution in [0.15, 0.2) is 63.6 Å². The van der Waals surface area contributed by atoms with Crippen LogP contribution < -0.4 is 20.2 Å². The molecular weight excluding hydrogens is 995 g/mol. The van der Waals surface area contributed by atoms with E-state index in [2.05, 4.69) is 15.1 Å². The summed E-state index contributed by atoms with van der Waals surface area (Å²) in [5, 5.41) is 37.4. The van der Waals surface area contributed by atoms with E-state index in [0.717, 1.165) is 39.1 Å². The van der Waals surface area contributed by atoms with Crippen molar-refractivity contribution < 1.29 is 67.3 Å². The predicted molar refractivity (Wildman–Crippen MR) is 286 cm³/mol. The lowest BCUT2D eigenvalue weighted by Gasteiger charge is -2.38. The fourth-order valence-corrected chi connectivity index (χ4v) is 10.8. The number of para-hydroxylation sites is 1. The highest BCUT2D eigenvalue weighted by molar-refractivity contribution is 6.22. The zero-order valence-corrected chi connectivity index (χ0v) is 45.5. The number of allylic oxidation sites excluding steroid dienone is 2. The van der Waals surface area contributed by atoms with Gasteiger partial charge < -0.3 is 58.4 Å². The van der Waals surface area contributed by atoms with Crippen LogP contribution in [0.25, 0.3) is 33.3 Å². The summed E-state index contributed by atoms with van der Waals surface area (Å²) < 4.78 is 42.4. The Kier molecular flexibility index (Phi) is 17.8. The number of aliphatic hydroxyl groups is 2. The number of piperazine rings is 1. The number of Topliss-reactive ketones (excluding diaryl/α,β-unsaturated/α-hetero) is 1. The van der Waals surface area contributed by atoms with Crippen LogP contribution in [-0.2, 0) is 33.3 Å². The number of carbonyl (C=O) groups is 4. The molecule has 20 nitrogen and oxygen atoms in total. The summed E-state index contributed by atoms with van der Waals surface area (Å²) in [5.41, 5.74) is -0.750. The molecule has 5 aliphatic heterocycles. The Morgan fingerprint density at radius 2 is 1.64 bits per heavy atom. The fourth-order valence-electron chi connectivity index (χ4n) is 10.8.